The van der Waals surface area contributed by atoms with E-state index in [1.165, 1.54) is 4.31 Å². The second kappa shape index (κ2) is 5.80. The minimum Gasteiger partial charge on any atom is -0.489 e. The number of nitrogens with one attached hydrogen (secondary N) is 1. The Hall–Kier alpha value is -1.60. The molecule has 0 aromatic heterocycles. The highest BCUT2D eigenvalue weighted by Crippen LogP contribution is 2.34. The van der Waals surface area contributed by atoms with Crippen LogP contribution in [0.1, 0.15) is 16.8 Å². The number of sulfonamides is 1. The van der Waals surface area contributed by atoms with Crippen LogP contribution in [0, 0.1) is 0 Å². The first-order chi connectivity index (χ1) is 9.43. The van der Waals surface area contributed by atoms with E-state index in [2.05, 4.69) is 5.32 Å². The van der Waals surface area contributed by atoms with Crippen molar-refractivity contribution in [3.8, 4) is 5.75 Å². The van der Waals surface area contributed by atoms with Crippen LogP contribution in [0.4, 0.5) is 5.69 Å². The average Bonchev–Trinajstić information content (AvgIpc) is 2.42. The zero-order valence-corrected chi connectivity index (χ0v) is 12.4. The minimum absolute atomic E-state index is 0.0267. The number of benzene rings is 1. The number of fused-ring (bicyclic) bond motifs is 1. The fraction of sp³-hybridized carbons (Fsp3) is 0.462. The zero-order chi connectivity index (χ0) is 14.8. The molecule has 0 saturated heterocycles. The van der Waals surface area contributed by atoms with Crippen LogP contribution in [0.15, 0.2) is 18.2 Å². The molecule has 0 amide bonds. The van der Waals surface area contributed by atoms with Crippen LogP contribution < -0.4 is 14.4 Å². The molecule has 1 aromatic carbocycles. The number of hydrogen-bond donors (Lipinski definition) is 1. The van der Waals surface area contributed by atoms with E-state index in [1.807, 2.05) is 0 Å². The number of rotatable bonds is 5. The molecule has 110 valence electrons. The lowest BCUT2D eigenvalue weighted by Gasteiger charge is -2.29. The van der Waals surface area contributed by atoms with Crippen molar-refractivity contribution in [1.82, 2.24) is 5.32 Å². The number of nitrogens with zero attached hydrogens (tertiary/aromatic N) is 1. The summed E-state index contributed by atoms with van der Waals surface area (Å²) in [4.78, 5) is 12.0. The number of Topliss-reactive ketones (excluding diaryl/α,β-unsaturated/α-hetero) is 1. The molecule has 1 aromatic rings. The van der Waals surface area contributed by atoms with Crippen molar-refractivity contribution in [2.24, 2.45) is 0 Å². The summed E-state index contributed by atoms with van der Waals surface area (Å²) < 4.78 is 30.3. The molecule has 0 bridgehead atoms. The van der Waals surface area contributed by atoms with Crippen LogP contribution >= 0.6 is 0 Å². The Morgan fingerprint density at radius 1 is 1.45 bits per heavy atom. The van der Waals surface area contributed by atoms with Crippen LogP contribution in [0.3, 0.4) is 0 Å². The Morgan fingerprint density at radius 3 is 2.85 bits per heavy atom. The molecular formula is C13H18N2O4S. The molecule has 0 fully saturated rings. The molecule has 2 rings (SSSR count). The van der Waals surface area contributed by atoms with Crippen molar-refractivity contribution < 1.29 is 17.9 Å². The first-order valence-corrected chi connectivity index (χ1v) is 8.20. The molecule has 0 atom stereocenters. The van der Waals surface area contributed by atoms with Crippen LogP contribution in [-0.2, 0) is 10.0 Å². The Bertz CT molecular complexity index is 613. The second-order valence-corrected chi connectivity index (χ2v) is 6.55. The number of anilines is 1. The summed E-state index contributed by atoms with van der Waals surface area (Å²) in [6.45, 7) is 1.16. The minimum atomic E-state index is -3.37. The number of carbonyl (C=O) groups is 1. The third kappa shape index (κ3) is 3.10. The summed E-state index contributed by atoms with van der Waals surface area (Å²) >= 11 is 0. The summed E-state index contributed by atoms with van der Waals surface area (Å²) in [5, 5.41) is 2.91. The van der Waals surface area contributed by atoms with Gasteiger partial charge in [0.05, 0.1) is 18.5 Å². The standard InChI is InChI=1S/C13H18N2O4S/c1-14-6-5-12(16)10-3-4-13-11(9-10)15(7-8-19-13)20(2,17)18/h3-4,9,14H,5-8H2,1-2H3. The molecule has 1 aliphatic heterocycles. The monoisotopic (exact) mass is 298 g/mol. The van der Waals surface area contributed by atoms with Crippen LogP contribution in [0.2, 0.25) is 0 Å². The molecule has 0 saturated carbocycles. The smallest absolute Gasteiger partial charge is 0.232 e. The summed E-state index contributed by atoms with van der Waals surface area (Å²) in [5.74, 6) is 0.466. The molecule has 1 aliphatic rings. The highest BCUT2D eigenvalue weighted by atomic mass is 32.2. The highest BCUT2D eigenvalue weighted by molar-refractivity contribution is 7.92. The van der Waals surface area contributed by atoms with Gasteiger partial charge in [-0.3, -0.25) is 9.10 Å². The number of hydrogen-bond acceptors (Lipinski definition) is 5. The lowest BCUT2D eigenvalue weighted by Crippen LogP contribution is -2.37. The van der Waals surface area contributed by atoms with E-state index in [1.54, 1.807) is 25.2 Å². The third-order valence-corrected chi connectivity index (χ3v) is 4.28. The van der Waals surface area contributed by atoms with Crippen LogP contribution in [-0.4, -0.2) is 47.2 Å². The topological polar surface area (TPSA) is 75.7 Å². The Labute approximate surface area is 118 Å². The van der Waals surface area contributed by atoms with Gasteiger partial charge in [-0.05, 0) is 25.2 Å². The van der Waals surface area contributed by atoms with E-state index in [9.17, 15) is 13.2 Å². The van der Waals surface area contributed by atoms with Crippen molar-refractivity contribution in [2.75, 3.05) is 37.3 Å². The van der Waals surface area contributed by atoms with Crippen molar-refractivity contribution in [3.63, 3.8) is 0 Å². The fourth-order valence-corrected chi connectivity index (χ4v) is 3.00. The molecule has 20 heavy (non-hydrogen) atoms. The highest BCUT2D eigenvalue weighted by Gasteiger charge is 2.26. The van der Waals surface area contributed by atoms with Gasteiger partial charge in [0, 0.05) is 18.5 Å². The van der Waals surface area contributed by atoms with Crippen molar-refractivity contribution >= 4 is 21.5 Å². The maximum absolute atomic E-state index is 12.0. The summed E-state index contributed by atoms with van der Waals surface area (Å²) in [5.41, 5.74) is 0.937. The SMILES string of the molecule is CNCCC(=O)c1ccc2c(c1)N(S(C)(=O)=O)CCO2. The largest absolute Gasteiger partial charge is 0.489 e. The maximum Gasteiger partial charge on any atom is 0.232 e. The van der Waals surface area contributed by atoms with Crippen molar-refractivity contribution in [1.29, 1.82) is 0 Å². The Balaban J connectivity index is 2.35. The molecule has 1 N–H and O–H groups in total. The van der Waals surface area contributed by atoms with E-state index in [0.717, 1.165) is 6.26 Å². The number of ketones is 1. The molecule has 0 aliphatic carbocycles. The van der Waals surface area contributed by atoms with E-state index in [0.29, 0.717) is 36.6 Å². The number of ether oxygens (including phenoxy) is 1. The molecule has 0 spiro atoms. The summed E-state index contributed by atoms with van der Waals surface area (Å²) in [6, 6.07) is 4.91. The fourth-order valence-electron chi connectivity index (χ4n) is 2.09. The molecule has 6 nitrogen and oxygen atoms in total. The second-order valence-electron chi connectivity index (χ2n) is 4.64. The molecule has 0 radical (unpaired) electrons. The van der Waals surface area contributed by atoms with Crippen LogP contribution in [0.25, 0.3) is 0 Å². The van der Waals surface area contributed by atoms with Gasteiger partial charge in [0.25, 0.3) is 0 Å². The predicted molar refractivity (Wildman–Crippen MR) is 77.0 cm³/mol. The van der Waals surface area contributed by atoms with Gasteiger partial charge in [-0.2, -0.15) is 0 Å². The number of carbonyl (C=O) groups excluding carboxylic acids is 1. The van der Waals surface area contributed by atoms with Gasteiger partial charge >= 0.3 is 0 Å². The van der Waals surface area contributed by atoms with E-state index >= 15 is 0 Å². The van der Waals surface area contributed by atoms with Gasteiger partial charge in [0.15, 0.2) is 5.78 Å². The van der Waals surface area contributed by atoms with Gasteiger partial charge in [0.1, 0.15) is 12.4 Å². The predicted octanol–water partition coefficient (Wildman–Crippen LogP) is 0.637. The molecular weight excluding hydrogens is 280 g/mol. The van der Waals surface area contributed by atoms with E-state index < -0.39 is 10.0 Å². The molecule has 1 heterocycles. The lowest BCUT2D eigenvalue weighted by atomic mass is 10.1. The van der Waals surface area contributed by atoms with Gasteiger partial charge in [0.2, 0.25) is 10.0 Å². The van der Waals surface area contributed by atoms with Crippen molar-refractivity contribution in [3.05, 3.63) is 23.8 Å². The van der Waals surface area contributed by atoms with Gasteiger partial charge in [-0.15, -0.1) is 0 Å². The van der Waals surface area contributed by atoms with Crippen LogP contribution in [0.5, 0.6) is 5.75 Å². The quantitative estimate of drug-likeness (QED) is 0.807. The molecule has 0 unspecified atom stereocenters. The molecule has 7 heteroatoms. The van der Waals surface area contributed by atoms with Gasteiger partial charge < -0.3 is 10.1 Å². The first kappa shape index (κ1) is 14.8. The van der Waals surface area contributed by atoms with E-state index in [-0.39, 0.29) is 12.3 Å². The summed E-state index contributed by atoms with van der Waals surface area (Å²) in [7, 11) is -1.59. The van der Waals surface area contributed by atoms with E-state index in [4.69, 9.17) is 4.74 Å². The Kier molecular flexibility index (Phi) is 4.29. The average molecular weight is 298 g/mol. The lowest BCUT2D eigenvalue weighted by molar-refractivity contribution is 0.0983. The summed E-state index contributed by atoms with van der Waals surface area (Å²) in [6.07, 6.45) is 1.52. The normalized spacial score (nSPS) is 14.6. The van der Waals surface area contributed by atoms with Gasteiger partial charge in [-0.1, -0.05) is 0 Å². The third-order valence-electron chi connectivity index (χ3n) is 3.10. The maximum atomic E-state index is 12.0. The van der Waals surface area contributed by atoms with Crippen molar-refractivity contribution in [2.45, 2.75) is 6.42 Å². The first-order valence-electron chi connectivity index (χ1n) is 6.36. The Morgan fingerprint density at radius 2 is 2.20 bits per heavy atom. The zero-order valence-electron chi connectivity index (χ0n) is 11.5. The van der Waals surface area contributed by atoms with Gasteiger partial charge in [-0.25, -0.2) is 8.42 Å².